The van der Waals surface area contributed by atoms with Gasteiger partial charge in [-0.05, 0) is 44.4 Å². The minimum Gasteiger partial charge on any atom is -0.507 e. The molecule has 2 rings (SSSR count). The summed E-state index contributed by atoms with van der Waals surface area (Å²) < 4.78 is 30.0. The molecule has 0 atom stereocenters. The Balaban J connectivity index is 2.38. The second-order valence-corrected chi connectivity index (χ2v) is 8.10. The van der Waals surface area contributed by atoms with Gasteiger partial charge < -0.3 is 9.63 Å². The summed E-state index contributed by atoms with van der Waals surface area (Å²) in [6.45, 7) is 8.45. The maximum atomic E-state index is 13.2. The van der Waals surface area contributed by atoms with Gasteiger partial charge in [0.25, 0.3) is 0 Å². The van der Waals surface area contributed by atoms with Crippen LogP contribution < -0.4 is 4.52 Å². The zero-order chi connectivity index (χ0) is 19.2. The van der Waals surface area contributed by atoms with E-state index in [2.05, 4.69) is 0 Å². The Morgan fingerprint density at radius 2 is 1.58 bits per heavy atom. The average Bonchev–Trinajstić information content (AvgIpc) is 2.59. The molecule has 0 aliphatic carbocycles. The molecule has 0 aliphatic heterocycles. The van der Waals surface area contributed by atoms with Gasteiger partial charge in [0.1, 0.15) is 11.5 Å². The van der Waals surface area contributed by atoms with E-state index in [0.717, 1.165) is 31.2 Å². The molecule has 6 heteroatoms. The number of phosphoric acid groups is 1. The van der Waals surface area contributed by atoms with E-state index >= 15 is 0 Å². The van der Waals surface area contributed by atoms with Crippen LogP contribution in [-0.4, -0.2) is 18.3 Å². The first kappa shape index (κ1) is 20.8. The SMILES string of the molecule is CCCCOP(=O)(OCCCC)Oc1c(C)cc(O)c2cc(C)ccc12. The Morgan fingerprint density at radius 3 is 2.15 bits per heavy atom. The Hall–Kier alpha value is -1.55. The lowest BCUT2D eigenvalue weighted by Gasteiger charge is -2.21. The molecule has 1 N–H and O–H groups in total. The van der Waals surface area contributed by atoms with Crippen LogP contribution in [0.4, 0.5) is 0 Å². The lowest BCUT2D eigenvalue weighted by Crippen LogP contribution is -2.06. The zero-order valence-corrected chi connectivity index (χ0v) is 17.0. The van der Waals surface area contributed by atoms with E-state index in [1.807, 2.05) is 39.0 Å². The zero-order valence-electron chi connectivity index (χ0n) is 16.1. The van der Waals surface area contributed by atoms with E-state index in [-0.39, 0.29) is 5.75 Å². The van der Waals surface area contributed by atoms with Gasteiger partial charge in [-0.15, -0.1) is 0 Å². The van der Waals surface area contributed by atoms with Gasteiger partial charge >= 0.3 is 7.82 Å². The molecule has 0 saturated heterocycles. The van der Waals surface area contributed by atoms with E-state index in [1.54, 1.807) is 13.0 Å². The molecule has 0 spiro atoms. The molecule has 144 valence electrons. The summed E-state index contributed by atoms with van der Waals surface area (Å²) in [5.41, 5.74) is 1.70. The van der Waals surface area contributed by atoms with Crippen LogP contribution in [0.1, 0.15) is 50.7 Å². The number of fused-ring (bicyclic) bond motifs is 1. The van der Waals surface area contributed by atoms with Crippen molar-refractivity contribution in [2.45, 2.75) is 53.4 Å². The highest BCUT2D eigenvalue weighted by molar-refractivity contribution is 7.49. The fourth-order valence-corrected chi connectivity index (χ4v) is 3.94. The van der Waals surface area contributed by atoms with Crippen molar-refractivity contribution in [1.82, 2.24) is 0 Å². The van der Waals surface area contributed by atoms with Crippen LogP contribution >= 0.6 is 7.82 Å². The maximum absolute atomic E-state index is 13.2. The topological polar surface area (TPSA) is 65.0 Å². The molecular weight excluding hydrogens is 351 g/mol. The number of hydrogen-bond acceptors (Lipinski definition) is 5. The van der Waals surface area contributed by atoms with Gasteiger partial charge in [-0.2, -0.15) is 0 Å². The molecule has 0 bridgehead atoms. The van der Waals surface area contributed by atoms with Crippen LogP contribution in [0.15, 0.2) is 24.3 Å². The molecule has 5 nitrogen and oxygen atoms in total. The summed E-state index contributed by atoms with van der Waals surface area (Å²) in [7, 11) is -3.74. The average molecular weight is 380 g/mol. The molecule has 0 saturated carbocycles. The number of phenols is 1. The first-order valence-electron chi connectivity index (χ1n) is 9.21. The van der Waals surface area contributed by atoms with E-state index in [9.17, 15) is 9.67 Å². The molecule has 0 heterocycles. The standard InChI is InChI=1S/C20H29O5P/c1-5-7-11-23-26(22,24-12-8-6-2)25-20-16(4)14-19(21)18-13-15(3)9-10-17(18)20/h9-10,13-14,21H,5-8,11-12H2,1-4H3. The minimum atomic E-state index is -3.74. The maximum Gasteiger partial charge on any atom is 0.530 e. The van der Waals surface area contributed by atoms with Crippen molar-refractivity contribution < 1.29 is 23.2 Å². The summed E-state index contributed by atoms with van der Waals surface area (Å²) >= 11 is 0. The Bertz CT molecular complexity index is 773. The van der Waals surface area contributed by atoms with E-state index in [0.29, 0.717) is 35.3 Å². The van der Waals surface area contributed by atoms with Gasteiger partial charge in [-0.3, -0.25) is 9.05 Å². The van der Waals surface area contributed by atoms with Crippen LogP contribution in [0.5, 0.6) is 11.5 Å². The van der Waals surface area contributed by atoms with E-state index in [1.165, 1.54) is 0 Å². The highest BCUT2D eigenvalue weighted by atomic mass is 31.2. The van der Waals surface area contributed by atoms with Crippen molar-refractivity contribution in [2.75, 3.05) is 13.2 Å². The summed E-state index contributed by atoms with van der Waals surface area (Å²) in [6, 6.07) is 7.27. The third-order valence-electron chi connectivity index (χ3n) is 4.10. The molecule has 0 aromatic heterocycles. The highest BCUT2D eigenvalue weighted by Crippen LogP contribution is 2.52. The Kier molecular flexibility index (Phi) is 7.51. The number of unbranched alkanes of at least 4 members (excludes halogenated alkanes) is 2. The Labute approximate surface area is 155 Å². The van der Waals surface area contributed by atoms with Crippen LogP contribution in [-0.2, 0) is 13.6 Å². The molecule has 2 aromatic rings. The summed E-state index contributed by atoms with van der Waals surface area (Å²) in [5.74, 6) is 0.594. The van der Waals surface area contributed by atoms with Gasteiger partial charge in [0.2, 0.25) is 0 Å². The molecule has 0 amide bonds. The number of benzene rings is 2. The van der Waals surface area contributed by atoms with Gasteiger partial charge in [0.15, 0.2) is 0 Å². The number of aryl methyl sites for hydroxylation is 2. The van der Waals surface area contributed by atoms with Crippen molar-refractivity contribution in [2.24, 2.45) is 0 Å². The number of hydrogen-bond donors (Lipinski definition) is 1. The Morgan fingerprint density at radius 1 is 0.962 bits per heavy atom. The second kappa shape index (κ2) is 9.40. The summed E-state index contributed by atoms with van der Waals surface area (Å²) in [5, 5.41) is 11.6. The first-order valence-corrected chi connectivity index (χ1v) is 10.7. The smallest absolute Gasteiger partial charge is 0.507 e. The first-order chi connectivity index (χ1) is 12.4. The summed E-state index contributed by atoms with van der Waals surface area (Å²) in [4.78, 5) is 0. The minimum absolute atomic E-state index is 0.169. The number of rotatable bonds is 10. The van der Waals surface area contributed by atoms with E-state index in [4.69, 9.17) is 13.6 Å². The molecule has 26 heavy (non-hydrogen) atoms. The van der Waals surface area contributed by atoms with E-state index < -0.39 is 7.82 Å². The molecule has 2 aromatic carbocycles. The lowest BCUT2D eigenvalue weighted by atomic mass is 10.0. The number of aromatic hydroxyl groups is 1. The molecule has 0 aliphatic rings. The van der Waals surface area contributed by atoms with Gasteiger partial charge in [-0.25, -0.2) is 4.57 Å². The molecule has 0 unspecified atom stereocenters. The van der Waals surface area contributed by atoms with Crippen LogP contribution in [0, 0.1) is 13.8 Å². The monoisotopic (exact) mass is 380 g/mol. The highest BCUT2D eigenvalue weighted by Gasteiger charge is 2.30. The predicted octanol–water partition coefficient (Wildman–Crippen LogP) is 6.28. The number of phenolic OH excluding ortho intramolecular Hbond substituents is 1. The lowest BCUT2D eigenvalue weighted by molar-refractivity contribution is 0.152. The fraction of sp³-hybridized carbons (Fsp3) is 0.500. The van der Waals surface area contributed by atoms with Crippen molar-refractivity contribution in [3.8, 4) is 11.5 Å². The largest absolute Gasteiger partial charge is 0.530 e. The van der Waals surface area contributed by atoms with Crippen LogP contribution in [0.2, 0.25) is 0 Å². The van der Waals surface area contributed by atoms with Crippen molar-refractivity contribution >= 4 is 18.6 Å². The summed E-state index contributed by atoms with van der Waals surface area (Å²) in [6.07, 6.45) is 3.41. The van der Waals surface area contributed by atoms with Crippen molar-refractivity contribution in [3.63, 3.8) is 0 Å². The van der Waals surface area contributed by atoms with Crippen LogP contribution in [0.3, 0.4) is 0 Å². The molecule has 0 radical (unpaired) electrons. The molecule has 0 fully saturated rings. The van der Waals surface area contributed by atoms with Gasteiger partial charge in [-0.1, -0.05) is 44.4 Å². The predicted molar refractivity (Wildman–Crippen MR) is 105 cm³/mol. The molecular formula is C20H29O5P. The quantitative estimate of drug-likeness (QED) is 0.388. The normalized spacial score (nSPS) is 11.8. The fourth-order valence-electron chi connectivity index (χ4n) is 2.59. The van der Waals surface area contributed by atoms with Crippen molar-refractivity contribution in [3.05, 3.63) is 35.4 Å². The van der Waals surface area contributed by atoms with Crippen LogP contribution in [0.25, 0.3) is 10.8 Å². The van der Waals surface area contributed by atoms with Gasteiger partial charge in [0.05, 0.1) is 13.2 Å². The second-order valence-electron chi connectivity index (χ2n) is 6.50. The third kappa shape index (κ3) is 5.23. The third-order valence-corrected chi connectivity index (χ3v) is 5.51. The van der Waals surface area contributed by atoms with Crippen molar-refractivity contribution in [1.29, 1.82) is 0 Å². The van der Waals surface area contributed by atoms with Gasteiger partial charge in [0, 0.05) is 10.8 Å². The number of phosphoric ester groups is 1.